The van der Waals surface area contributed by atoms with Gasteiger partial charge in [-0.2, -0.15) is 0 Å². The van der Waals surface area contributed by atoms with Gasteiger partial charge in [-0.25, -0.2) is 4.79 Å². The van der Waals surface area contributed by atoms with Crippen LogP contribution in [0.5, 0.6) is 5.75 Å². The highest BCUT2D eigenvalue weighted by molar-refractivity contribution is 6.01. The Labute approximate surface area is 228 Å². The number of hydrogen-bond acceptors (Lipinski definition) is 7. The Hall–Kier alpha value is -4.34. The van der Waals surface area contributed by atoms with Gasteiger partial charge in [0.2, 0.25) is 5.91 Å². The van der Waals surface area contributed by atoms with Crippen LogP contribution in [0.3, 0.4) is 0 Å². The number of methoxy groups -OCH3 is 1. The number of hydrogen-bond donors (Lipinski definition) is 4. The number of nitrogens with one attached hydrogen (secondary N) is 2. The molecule has 0 fully saturated rings. The Bertz CT molecular complexity index is 1250. The zero-order valence-corrected chi connectivity index (χ0v) is 22.1. The molecule has 0 heterocycles. The van der Waals surface area contributed by atoms with Crippen LogP contribution in [0.15, 0.2) is 84.9 Å². The quantitative estimate of drug-likeness (QED) is 0.175. The molecule has 3 aromatic rings. The number of nitrogens with two attached hydrogens (primary N) is 1. The highest BCUT2D eigenvalue weighted by atomic mass is 16.6. The first-order valence-corrected chi connectivity index (χ1v) is 12.6. The molecule has 0 spiro atoms. The Morgan fingerprint density at radius 3 is 2.44 bits per heavy atom. The number of nitrogen functional groups attached to an aromatic ring is 1. The van der Waals surface area contributed by atoms with Crippen LogP contribution >= 0.6 is 0 Å². The Balaban J connectivity index is 1.73. The van der Waals surface area contributed by atoms with E-state index < -0.39 is 18.3 Å². The van der Waals surface area contributed by atoms with Crippen LogP contribution < -0.4 is 21.1 Å². The molecule has 0 radical (unpaired) electrons. The molecule has 5 N–H and O–H groups in total. The maximum absolute atomic E-state index is 12.9. The first-order chi connectivity index (χ1) is 18.9. The lowest BCUT2D eigenvalue weighted by Crippen LogP contribution is -2.28. The third kappa shape index (κ3) is 9.17. The molecule has 0 bridgehead atoms. The number of carbonyl (C=O) groups is 2. The third-order valence-electron chi connectivity index (χ3n) is 5.85. The molecule has 0 aliphatic rings. The van der Waals surface area contributed by atoms with E-state index in [-0.39, 0.29) is 19.1 Å². The Kier molecular flexibility index (Phi) is 11.4. The van der Waals surface area contributed by atoms with Crippen LogP contribution in [0, 0.1) is 6.92 Å². The first kappa shape index (κ1) is 29.2. The van der Waals surface area contributed by atoms with Crippen LogP contribution in [-0.4, -0.2) is 43.5 Å². The number of benzene rings is 3. The second-order valence-electron chi connectivity index (χ2n) is 8.76. The molecular weight excluding hydrogens is 498 g/mol. The van der Waals surface area contributed by atoms with E-state index >= 15 is 0 Å². The molecule has 206 valence electrons. The normalized spacial score (nSPS) is 12.5. The van der Waals surface area contributed by atoms with Crippen molar-refractivity contribution in [3.63, 3.8) is 0 Å². The van der Waals surface area contributed by atoms with E-state index in [0.717, 1.165) is 5.56 Å². The van der Waals surface area contributed by atoms with Crippen LogP contribution in [0.4, 0.5) is 21.9 Å². The predicted molar refractivity (Wildman–Crippen MR) is 152 cm³/mol. The fourth-order valence-electron chi connectivity index (χ4n) is 3.87. The SMILES string of the molecule is CO[C@@H](CC/C=C/C(=O)Nc1ccccc1N)[C@@H](OC(=O)Nc1ccc(C)cc1)c1ccccc1OCCO. The molecule has 2 amide bonds. The maximum Gasteiger partial charge on any atom is 0.412 e. The van der Waals surface area contributed by atoms with Gasteiger partial charge in [-0.15, -0.1) is 0 Å². The van der Waals surface area contributed by atoms with Gasteiger partial charge in [-0.05, 0) is 56.2 Å². The van der Waals surface area contributed by atoms with Crippen molar-refractivity contribution < 1.29 is 28.9 Å². The lowest BCUT2D eigenvalue weighted by atomic mass is 9.99. The molecule has 0 aromatic heterocycles. The first-order valence-electron chi connectivity index (χ1n) is 12.6. The largest absolute Gasteiger partial charge is 0.491 e. The summed E-state index contributed by atoms with van der Waals surface area (Å²) in [6, 6.07) is 21.5. The standard InChI is InChI=1S/C30H35N3O6/c1-21-15-17-22(18-16-21)32-30(36)39-29(23-9-3-6-12-26(23)38-20-19-34)27(37-2)13-7-8-14-28(35)33-25-11-5-4-10-24(25)31/h3-6,8-12,14-18,27,29,34H,7,13,19-20,31H2,1-2H3,(H,32,36)(H,33,35)/b14-8+/t27-,29-/m0/s1. The summed E-state index contributed by atoms with van der Waals surface area (Å²) < 4.78 is 17.3. The molecule has 39 heavy (non-hydrogen) atoms. The number of amides is 2. The number of para-hydroxylation sites is 3. The summed E-state index contributed by atoms with van der Waals surface area (Å²) in [5, 5.41) is 14.7. The number of ether oxygens (including phenoxy) is 3. The lowest BCUT2D eigenvalue weighted by molar-refractivity contribution is -0.111. The minimum atomic E-state index is -0.832. The number of anilines is 3. The maximum atomic E-state index is 12.9. The van der Waals surface area contributed by atoms with Crippen LogP contribution in [0.1, 0.15) is 30.1 Å². The number of allylic oxidation sites excluding steroid dienone is 1. The van der Waals surface area contributed by atoms with Gasteiger partial charge < -0.3 is 30.4 Å². The summed E-state index contributed by atoms with van der Waals surface area (Å²) in [6.45, 7) is 1.88. The Morgan fingerprint density at radius 1 is 1.00 bits per heavy atom. The van der Waals surface area contributed by atoms with Gasteiger partial charge in [-0.3, -0.25) is 10.1 Å². The third-order valence-corrected chi connectivity index (χ3v) is 5.85. The zero-order valence-electron chi connectivity index (χ0n) is 22.1. The fourth-order valence-corrected chi connectivity index (χ4v) is 3.87. The van der Waals surface area contributed by atoms with E-state index in [1.807, 2.05) is 25.1 Å². The van der Waals surface area contributed by atoms with Crippen LogP contribution in [0.25, 0.3) is 0 Å². The summed E-state index contributed by atoms with van der Waals surface area (Å²) in [7, 11) is 1.53. The predicted octanol–water partition coefficient (Wildman–Crippen LogP) is 5.23. The number of aliphatic hydroxyl groups is 1. The minimum absolute atomic E-state index is 0.0841. The van der Waals surface area contributed by atoms with Crippen molar-refractivity contribution in [2.45, 2.75) is 32.0 Å². The molecule has 0 saturated heterocycles. The molecule has 9 nitrogen and oxygen atoms in total. The van der Waals surface area contributed by atoms with Crippen molar-refractivity contribution in [3.05, 3.63) is 96.1 Å². The molecule has 9 heteroatoms. The van der Waals surface area contributed by atoms with Gasteiger partial charge in [0.15, 0.2) is 6.10 Å². The molecule has 3 rings (SSSR count). The van der Waals surface area contributed by atoms with Crippen molar-refractivity contribution in [2.24, 2.45) is 0 Å². The van der Waals surface area contributed by atoms with Crippen LogP contribution in [-0.2, 0) is 14.3 Å². The molecule has 0 aliphatic carbocycles. The molecule has 0 unspecified atom stereocenters. The number of aliphatic hydroxyl groups excluding tert-OH is 1. The molecule has 2 atom stereocenters. The van der Waals surface area contributed by atoms with E-state index in [1.165, 1.54) is 13.2 Å². The second-order valence-corrected chi connectivity index (χ2v) is 8.76. The zero-order chi connectivity index (χ0) is 28.0. The van der Waals surface area contributed by atoms with Crippen molar-refractivity contribution in [1.82, 2.24) is 0 Å². The number of carbonyl (C=O) groups excluding carboxylic acids is 2. The molecule has 3 aromatic carbocycles. The topological polar surface area (TPSA) is 132 Å². The average molecular weight is 534 g/mol. The minimum Gasteiger partial charge on any atom is -0.491 e. The highest BCUT2D eigenvalue weighted by Crippen LogP contribution is 2.33. The summed E-state index contributed by atoms with van der Waals surface area (Å²) in [5.41, 5.74) is 9.15. The number of aryl methyl sites for hydroxylation is 1. The second kappa shape index (κ2) is 15.2. The lowest BCUT2D eigenvalue weighted by Gasteiger charge is -2.27. The van der Waals surface area contributed by atoms with E-state index in [2.05, 4.69) is 10.6 Å². The Morgan fingerprint density at radius 2 is 1.72 bits per heavy atom. The van der Waals surface area contributed by atoms with Gasteiger partial charge in [0.05, 0.1) is 24.1 Å². The number of rotatable bonds is 13. The van der Waals surface area contributed by atoms with E-state index in [0.29, 0.717) is 41.2 Å². The smallest absolute Gasteiger partial charge is 0.412 e. The van der Waals surface area contributed by atoms with E-state index in [4.69, 9.17) is 19.9 Å². The summed E-state index contributed by atoms with van der Waals surface area (Å²) in [6.07, 6.45) is 2.00. The summed E-state index contributed by atoms with van der Waals surface area (Å²) >= 11 is 0. The molecule has 0 aliphatic heterocycles. The van der Waals surface area contributed by atoms with E-state index in [9.17, 15) is 14.7 Å². The average Bonchev–Trinajstić information content (AvgIpc) is 2.94. The summed E-state index contributed by atoms with van der Waals surface area (Å²) in [5.74, 6) is 0.159. The van der Waals surface area contributed by atoms with Crippen molar-refractivity contribution in [1.29, 1.82) is 0 Å². The molecule has 0 saturated carbocycles. The van der Waals surface area contributed by atoms with Crippen molar-refractivity contribution in [3.8, 4) is 5.75 Å². The monoisotopic (exact) mass is 533 g/mol. The molecular formula is C30H35N3O6. The van der Waals surface area contributed by atoms with E-state index in [1.54, 1.807) is 60.7 Å². The van der Waals surface area contributed by atoms with Gasteiger partial charge in [0.25, 0.3) is 0 Å². The van der Waals surface area contributed by atoms with Gasteiger partial charge >= 0.3 is 6.09 Å². The van der Waals surface area contributed by atoms with Gasteiger partial charge in [0.1, 0.15) is 12.4 Å². The van der Waals surface area contributed by atoms with Gasteiger partial charge in [-0.1, -0.05) is 54.1 Å². The van der Waals surface area contributed by atoms with Crippen molar-refractivity contribution >= 4 is 29.1 Å². The van der Waals surface area contributed by atoms with Crippen molar-refractivity contribution in [2.75, 3.05) is 36.7 Å². The van der Waals surface area contributed by atoms with Crippen LogP contribution in [0.2, 0.25) is 0 Å². The summed E-state index contributed by atoms with van der Waals surface area (Å²) in [4.78, 5) is 25.2. The van der Waals surface area contributed by atoms with Gasteiger partial charge in [0, 0.05) is 18.4 Å². The highest BCUT2D eigenvalue weighted by Gasteiger charge is 2.29. The fraction of sp³-hybridized carbons (Fsp3) is 0.267.